The summed E-state index contributed by atoms with van der Waals surface area (Å²) in [7, 11) is 0. The van der Waals surface area contributed by atoms with Gasteiger partial charge in [-0.25, -0.2) is 0 Å². The second-order valence-corrected chi connectivity index (χ2v) is 7.81. The molecule has 1 saturated carbocycles. The average molecular weight is 390 g/mol. The van der Waals surface area contributed by atoms with Crippen LogP contribution in [0.4, 0.5) is 13.2 Å². The Morgan fingerprint density at radius 1 is 1.21 bits per heavy atom. The van der Waals surface area contributed by atoms with E-state index >= 15 is 0 Å². The summed E-state index contributed by atoms with van der Waals surface area (Å²) in [5, 5.41) is 3.58. The molecule has 2 fully saturated rings. The number of hydrogen-bond acceptors (Lipinski definition) is 4. The Morgan fingerprint density at radius 3 is 2.75 bits per heavy atom. The van der Waals surface area contributed by atoms with Crippen molar-refractivity contribution >= 4 is 0 Å². The van der Waals surface area contributed by atoms with Crippen molar-refractivity contribution in [2.45, 2.75) is 37.0 Å². The molecule has 1 aliphatic carbocycles. The van der Waals surface area contributed by atoms with Crippen LogP contribution in [0.2, 0.25) is 0 Å². The molecule has 1 aliphatic heterocycles. The van der Waals surface area contributed by atoms with Gasteiger partial charge in [-0.3, -0.25) is 4.98 Å². The van der Waals surface area contributed by atoms with E-state index in [-0.39, 0.29) is 0 Å². The number of nitrogens with one attached hydrogen (secondary N) is 1. The van der Waals surface area contributed by atoms with Gasteiger partial charge in [0.25, 0.3) is 0 Å². The SMILES string of the molecule is NC1CCN(CCN[C@@H]2C[C@H]2c2ccc(-c3cccc(C(F)(F)F)c3)nc2)C1. The molecule has 2 heterocycles. The van der Waals surface area contributed by atoms with Crippen LogP contribution in [0.25, 0.3) is 11.3 Å². The van der Waals surface area contributed by atoms with Crippen LogP contribution in [0, 0.1) is 0 Å². The lowest BCUT2D eigenvalue weighted by Gasteiger charge is -2.15. The molecule has 4 nitrogen and oxygen atoms in total. The Morgan fingerprint density at radius 2 is 2.07 bits per heavy atom. The topological polar surface area (TPSA) is 54.2 Å². The fraction of sp³-hybridized carbons (Fsp3) is 0.476. The standard InChI is InChI=1S/C21H25F3N4/c22-21(23,24)16-3-1-2-14(10-16)19-5-4-15(12-27-19)18-11-20(18)26-7-9-28-8-6-17(25)13-28/h1-5,10,12,17-18,20,26H,6-9,11,13,25H2/t17?,18-,20+/m0/s1. The van der Waals surface area contributed by atoms with Crippen molar-refractivity contribution in [2.24, 2.45) is 5.73 Å². The molecule has 1 saturated heterocycles. The Balaban J connectivity index is 1.31. The monoisotopic (exact) mass is 390 g/mol. The third-order valence-corrected chi connectivity index (χ3v) is 5.63. The minimum atomic E-state index is -4.34. The number of nitrogens with zero attached hydrogens (tertiary/aromatic N) is 2. The summed E-state index contributed by atoms with van der Waals surface area (Å²) < 4.78 is 38.7. The van der Waals surface area contributed by atoms with E-state index in [4.69, 9.17) is 5.73 Å². The zero-order valence-corrected chi connectivity index (χ0v) is 15.6. The Bertz CT molecular complexity index is 806. The first kappa shape index (κ1) is 19.4. The van der Waals surface area contributed by atoms with Crippen molar-refractivity contribution in [1.29, 1.82) is 0 Å². The van der Waals surface area contributed by atoms with Crippen molar-refractivity contribution in [2.75, 3.05) is 26.2 Å². The second-order valence-electron chi connectivity index (χ2n) is 7.81. The summed E-state index contributed by atoms with van der Waals surface area (Å²) in [5.41, 5.74) is 7.45. The summed E-state index contributed by atoms with van der Waals surface area (Å²) in [5.74, 6) is 0.434. The number of aromatic nitrogens is 1. The van der Waals surface area contributed by atoms with Crippen LogP contribution in [0.15, 0.2) is 42.6 Å². The van der Waals surface area contributed by atoms with Crippen molar-refractivity contribution in [3.63, 3.8) is 0 Å². The molecular formula is C21H25F3N4. The number of nitrogens with two attached hydrogens (primary N) is 1. The van der Waals surface area contributed by atoms with Gasteiger partial charge in [0.2, 0.25) is 0 Å². The Labute approximate surface area is 162 Å². The first-order chi connectivity index (χ1) is 13.4. The molecule has 0 spiro atoms. The van der Waals surface area contributed by atoms with Crippen LogP contribution >= 0.6 is 0 Å². The Hall–Kier alpha value is -1.96. The van der Waals surface area contributed by atoms with E-state index in [0.717, 1.165) is 56.7 Å². The number of pyridine rings is 1. The fourth-order valence-corrected chi connectivity index (χ4v) is 3.91. The zero-order valence-electron chi connectivity index (χ0n) is 15.6. The van der Waals surface area contributed by atoms with Crippen LogP contribution in [-0.2, 0) is 6.18 Å². The van der Waals surface area contributed by atoms with Gasteiger partial charge < -0.3 is 16.0 Å². The van der Waals surface area contributed by atoms with Gasteiger partial charge >= 0.3 is 6.18 Å². The molecule has 7 heteroatoms. The van der Waals surface area contributed by atoms with E-state index in [1.165, 1.54) is 6.07 Å². The largest absolute Gasteiger partial charge is 0.416 e. The third-order valence-electron chi connectivity index (χ3n) is 5.63. The lowest BCUT2D eigenvalue weighted by atomic mass is 10.1. The van der Waals surface area contributed by atoms with Gasteiger partial charge in [0.05, 0.1) is 11.3 Å². The van der Waals surface area contributed by atoms with Gasteiger partial charge in [-0.05, 0) is 43.1 Å². The molecule has 3 N–H and O–H groups in total. The minimum Gasteiger partial charge on any atom is -0.326 e. The van der Waals surface area contributed by atoms with Crippen molar-refractivity contribution < 1.29 is 13.2 Å². The summed E-state index contributed by atoms with van der Waals surface area (Å²) >= 11 is 0. The van der Waals surface area contributed by atoms with E-state index in [0.29, 0.717) is 29.3 Å². The molecule has 28 heavy (non-hydrogen) atoms. The van der Waals surface area contributed by atoms with Gasteiger partial charge in [0, 0.05) is 49.4 Å². The van der Waals surface area contributed by atoms with Gasteiger partial charge in [-0.15, -0.1) is 0 Å². The van der Waals surface area contributed by atoms with Crippen LogP contribution in [0.1, 0.15) is 29.9 Å². The first-order valence-corrected chi connectivity index (χ1v) is 9.75. The molecule has 0 amide bonds. The molecule has 3 atom stereocenters. The molecule has 4 rings (SSSR count). The summed E-state index contributed by atoms with van der Waals surface area (Å²) in [6.07, 6.45) is -0.398. The molecular weight excluding hydrogens is 365 g/mol. The molecule has 0 bridgehead atoms. The maximum atomic E-state index is 12.9. The van der Waals surface area contributed by atoms with Gasteiger partial charge in [-0.2, -0.15) is 13.2 Å². The van der Waals surface area contributed by atoms with Gasteiger partial charge in [0.15, 0.2) is 0 Å². The predicted molar refractivity (Wildman–Crippen MR) is 103 cm³/mol. The van der Waals surface area contributed by atoms with Crippen LogP contribution in [0.3, 0.4) is 0 Å². The number of halogens is 3. The van der Waals surface area contributed by atoms with E-state index in [9.17, 15) is 13.2 Å². The molecule has 1 aromatic heterocycles. The molecule has 0 radical (unpaired) electrons. The highest BCUT2D eigenvalue weighted by molar-refractivity contribution is 5.60. The third kappa shape index (κ3) is 4.54. The normalized spacial score (nSPS) is 25.2. The molecule has 150 valence electrons. The summed E-state index contributed by atoms with van der Waals surface area (Å²) in [6.45, 7) is 4.03. The number of likely N-dealkylation sites (tertiary alicyclic amines) is 1. The highest BCUT2D eigenvalue weighted by atomic mass is 19.4. The highest BCUT2D eigenvalue weighted by Gasteiger charge is 2.38. The van der Waals surface area contributed by atoms with Gasteiger partial charge in [-0.1, -0.05) is 18.2 Å². The maximum Gasteiger partial charge on any atom is 0.416 e. The number of hydrogen-bond donors (Lipinski definition) is 2. The molecule has 2 aliphatic rings. The van der Waals surface area contributed by atoms with Gasteiger partial charge in [0.1, 0.15) is 0 Å². The fourth-order valence-electron chi connectivity index (χ4n) is 3.91. The quantitative estimate of drug-likeness (QED) is 0.795. The highest BCUT2D eigenvalue weighted by Crippen LogP contribution is 2.41. The van der Waals surface area contributed by atoms with Crippen LogP contribution in [0.5, 0.6) is 0 Å². The van der Waals surface area contributed by atoms with Crippen LogP contribution in [-0.4, -0.2) is 48.1 Å². The second kappa shape index (κ2) is 7.81. The van der Waals surface area contributed by atoms with Crippen molar-refractivity contribution in [1.82, 2.24) is 15.2 Å². The number of rotatable bonds is 6. The van der Waals surface area contributed by atoms with E-state index in [1.807, 2.05) is 12.1 Å². The zero-order chi connectivity index (χ0) is 19.7. The van der Waals surface area contributed by atoms with Crippen molar-refractivity contribution in [3.8, 4) is 11.3 Å². The predicted octanol–water partition coefficient (Wildman–Crippen LogP) is 3.25. The molecule has 1 aromatic carbocycles. The first-order valence-electron chi connectivity index (χ1n) is 9.75. The summed E-state index contributed by atoms with van der Waals surface area (Å²) in [6, 6.07) is 9.86. The lowest BCUT2D eigenvalue weighted by Crippen LogP contribution is -2.33. The maximum absolute atomic E-state index is 12.9. The molecule has 1 unspecified atom stereocenters. The lowest BCUT2D eigenvalue weighted by molar-refractivity contribution is -0.137. The van der Waals surface area contributed by atoms with Crippen molar-refractivity contribution in [3.05, 3.63) is 53.7 Å². The summed E-state index contributed by atoms with van der Waals surface area (Å²) in [4.78, 5) is 6.79. The van der Waals surface area contributed by atoms with Crippen LogP contribution < -0.4 is 11.1 Å². The minimum absolute atomic E-state index is 0.315. The van der Waals surface area contributed by atoms with E-state index in [1.54, 1.807) is 12.3 Å². The van der Waals surface area contributed by atoms with E-state index in [2.05, 4.69) is 15.2 Å². The van der Waals surface area contributed by atoms with E-state index < -0.39 is 11.7 Å². The smallest absolute Gasteiger partial charge is 0.326 e. The average Bonchev–Trinajstić information content (AvgIpc) is 3.33. The Kier molecular flexibility index (Phi) is 5.40. The number of alkyl halides is 3. The molecule has 2 aromatic rings. The number of benzene rings is 1.